The molecular weight excluding hydrogens is 280 g/mol. The number of benzene rings is 2. The molecule has 5 nitrogen and oxygen atoms in total. The van der Waals surface area contributed by atoms with E-state index in [1.165, 1.54) is 0 Å². The van der Waals surface area contributed by atoms with Crippen LogP contribution in [-0.2, 0) is 0 Å². The van der Waals surface area contributed by atoms with E-state index in [4.69, 9.17) is 15.2 Å². The van der Waals surface area contributed by atoms with Gasteiger partial charge in [0.15, 0.2) is 0 Å². The Bertz CT molecular complexity index is 883. The molecule has 1 aromatic heterocycles. The number of aromatic nitrogens is 1. The van der Waals surface area contributed by atoms with Crippen LogP contribution < -0.4 is 20.8 Å². The molecule has 22 heavy (non-hydrogen) atoms. The highest BCUT2D eigenvalue weighted by Gasteiger charge is 2.11. The van der Waals surface area contributed by atoms with Crippen LogP contribution in [0, 0.1) is 0 Å². The number of nitrogen functional groups attached to an aromatic ring is 1. The Hall–Kier alpha value is -2.95. The zero-order valence-electron chi connectivity index (χ0n) is 12.3. The van der Waals surface area contributed by atoms with Crippen LogP contribution >= 0.6 is 0 Å². The maximum absolute atomic E-state index is 12.3. The third-order valence-corrected chi connectivity index (χ3v) is 3.65. The van der Waals surface area contributed by atoms with E-state index < -0.39 is 0 Å². The van der Waals surface area contributed by atoms with Crippen LogP contribution in [0.1, 0.15) is 0 Å². The first-order chi connectivity index (χ1) is 10.6. The lowest BCUT2D eigenvalue weighted by molar-refractivity contribution is 0.415. The number of nitrogens with one attached hydrogen (secondary N) is 1. The minimum Gasteiger partial charge on any atom is -0.497 e. The fraction of sp³-hybridized carbons (Fsp3) is 0.118. The van der Waals surface area contributed by atoms with E-state index in [9.17, 15) is 4.79 Å². The molecule has 0 unspecified atom stereocenters. The molecule has 1 heterocycles. The first-order valence-corrected chi connectivity index (χ1v) is 6.78. The number of nitrogens with two attached hydrogens (primary N) is 1. The van der Waals surface area contributed by atoms with Gasteiger partial charge in [-0.25, -0.2) is 0 Å². The molecule has 5 heteroatoms. The average Bonchev–Trinajstić information content (AvgIpc) is 2.57. The fourth-order valence-corrected chi connectivity index (χ4v) is 2.44. The molecule has 0 saturated heterocycles. The summed E-state index contributed by atoms with van der Waals surface area (Å²) in [5.41, 5.74) is 8.00. The molecule has 3 aromatic rings. The predicted molar refractivity (Wildman–Crippen MR) is 87.5 cm³/mol. The van der Waals surface area contributed by atoms with Crippen LogP contribution in [0.15, 0.2) is 47.3 Å². The monoisotopic (exact) mass is 296 g/mol. The molecule has 0 atom stereocenters. The van der Waals surface area contributed by atoms with Crippen molar-refractivity contribution in [3.05, 3.63) is 52.8 Å². The molecule has 0 amide bonds. The predicted octanol–water partition coefficient (Wildman–Crippen LogP) is 2.79. The second-order valence-corrected chi connectivity index (χ2v) is 4.88. The zero-order chi connectivity index (χ0) is 15.7. The van der Waals surface area contributed by atoms with Gasteiger partial charge in [0.1, 0.15) is 11.5 Å². The Morgan fingerprint density at radius 1 is 0.909 bits per heavy atom. The molecule has 0 radical (unpaired) electrons. The summed E-state index contributed by atoms with van der Waals surface area (Å²) in [7, 11) is 3.17. The van der Waals surface area contributed by atoms with Gasteiger partial charge in [-0.2, -0.15) is 0 Å². The van der Waals surface area contributed by atoms with Gasteiger partial charge >= 0.3 is 0 Å². The molecular formula is C17H16N2O3. The highest BCUT2D eigenvalue weighted by Crippen LogP contribution is 2.31. The van der Waals surface area contributed by atoms with E-state index in [1.54, 1.807) is 32.4 Å². The summed E-state index contributed by atoms with van der Waals surface area (Å²) in [6.45, 7) is 0. The molecule has 0 bridgehead atoms. The summed E-state index contributed by atoms with van der Waals surface area (Å²) in [6, 6.07) is 12.6. The summed E-state index contributed by atoms with van der Waals surface area (Å²) in [4.78, 5) is 15.2. The van der Waals surface area contributed by atoms with Crippen LogP contribution in [0.5, 0.6) is 11.5 Å². The summed E-state index contributed by atoms with van der Waals surface area (Å²) in [5, 5.41) is 1.21. The third-order valence-electron chi connectivity index (χ3n) is 3.65. The molecule has 0 fully saturated rings. The van der Waals surface area contributed by atoms with Gasteiger partial charge in [0, 0.05) is 10.9 Å². The van der Waals surface area contributed by atoms with Crippen molar-refractivity contribution in [1.29, 1.82) is 0 Å². The average molecular weight is 296 g/mol. The van der Waals surface area contributed by atoms with Crippen molar-refractivity contribution in [2.75, 3.05) is 20.0 Å². The van der Waals surface area contributed by atoms with Gasteiger partial charge in [-0.3, -0.25) is 4.79 Å². The van der Waals surface area contributed by atoms with Gasteiger partial charge in [0.2, 0.25) is 0 Å². The van der Waals surface area contributed by atoms with Crippen molar-refractivity contribution in [1.82, 2.24) is 4.98 Å². The minimum atomic E-state index is -0.200. The number of ether oxygens (including phenoxy) is 2. The van der Waals surface area contributed by atoms with E-state index in [0.29, 0.717) is 27.9 Å². The summed E-state index contributed by atoms with van der Waals surface area (Å²) < 4.78 is 10.3. The maximum atomic E-state index is 12.3. The molecule has 0 spiro atoms. The van der Waals surface area contributed by atoms with Crippen molar-refractivity contribution in [3.8, 4) is 22.8 Å². The lowest BCUT2D eigenvalue weighted by Crippen LogP contribution is -2.10. The lowest BCUT2D eigenvalue weighted by atomic mass is 10.0. The van der Waals surface area contributed by atoms with Crippen molar-refractivity contribution in [2.45, 2.75) is 0 Å². The Kier molecular flexibility index (Phi) is 3.47. The number of hydrogen-bond donors (Lipinski definition) is 2. The number of methoxy groups -OCH3 is 2. The number of rotatable bonds is 3. The Balaban J connectivity index is 2.22. The van der Waals surface area contributed by atoms with Crippen LogP contribution in [-0.4, -0.2) is 19.2 Å². The van der Waals surface area contributed by atoms with Gasteiger partial charge < -0.3 is 20.2 Å². The smallest absolute Gasteiger partial charge is 0.256 e. The SMILES string of the molecule is COc1ccc(-c2[nH]c(=O)c3cc(OC)ccc3c2N)cc1. The first kappa shape index (κ1) is 14.0. The fourth-order valence-electron chi connectivity index (χ4n) is 2.44. The van der Waals surface area contributed by atoms with Gasteiger partial charge in [0.25, 0.3) is 5.56 Å². The van der Waals surface area contributed by atoms with Crippen molar-refractivity contribution in [2.24, 2.45) is 0 Å². The number of anilines is 1. The number of fused-ring (bicyclic) bond motifs is 1. The molecule has 2 aromatic carbocycles. The standard InChI is InChI=1S/C17H16N2O3/c1-21-11-5-3-10(4-6-11)16-15(18)13-8-7-12(22-2)9-14(13)17(20)19-16/h3-9H,18H2,1-2H3,(H,19,20). The molecule has 0 aliphatic rings. The van der Waals surface area contributed by atoms with E-state index in [0.717, 1.165) is 11.3 Å². The highest BCUT2D eigenvalue weighted by atomic mass is 16.5. The lowest BCUT2D eigenvalue weighted by Gasteiger charge is -2.10. The molecule has 112 valence electrons. The second-order valence-electron chi connectivity index (χ2n) is 4.88. The van der Waals surface area contributed by atoms with Crippen molar-refractivity contribution in [3.63, 3.8) is 0 Å². The van der Waals surface area contributed by atoms with Crippen LogP contribution in [0.4, 0.5) is 5.69 Å². The van der Waals surface area contributed by atoms with Gasteiger partial charge in [-0.05, 0) is 42.5 Å². The Labute approximate surface area is 127 Å². The van der Waals surface area contributed by atoms with E-state index in [2.05, 4.69) is 4.98 Å². The Morgan fingerprint density at radius 3 is 2.18 bits per heavy atom. The third kappa shape index (κ3) is 2.26. The van der Waals surface area contributed by atoms with Crippen molar-refractivity contribution >= 4 is 16.5 Å². The largest absolute Gasteiger partial charge is 0.497 e. The summed E-state index contributed by atoms with van der Waals surface area (Å²) in [6.07, 6.45) is 0. The van der Waals surface area contributed by atoms with E-state index in [-0.39, 0.29) is 5.56 Å². The normalized spacial score (nSPS) is 10.6. The number of H-pyrrole nitrogens is 1. The van der Waals surface area contributed by atoms with Gasteiger partial charge in [-0.1, -0.05) is 0 Å². The van der Waals surface area contributed by atoms with Crippen molar-refractivity contribution < 1.29 is 9.47 Å². The van der Waals surface area contributed by atoms with Crippen LogP contribution in [0.3, 0.4) is 0 Å². The van der Waals surface area contributed by atoms with Gasteiger partial charge in [0.05, 0.1) is 31.0 Å². The van der Waals surface area contributed by atoms with Gasteiger partial charge in [-0.15, -0.1) is 0 Å². The summed E-state index contributed by atoms with van der Waals surface area (Å²) >= 11 is 0. The number of hydrogen-bond acceptors (Lipinski definition) is 4. The molecule has 0 aliphatic carbocycles. The highest BCUT2D eigenvalue weighted by molar-refractivity contribution is 5.98. The minimum absolute atomic E-state index is 0.200. The topological polar surface area (TPSA) is 77.3 Å². The van der Waals surface area contributed by atoms with E-state index >= 15 is 0 Å². The van der Waals surface area contributed by atoms with Crippen LogP contribution in [0.2, 0.25) is 0 Å². The van der Waals surface area contributed by atoms with Crippen LogP contribution in [0.25, 0.3) is 22.0 Å². The Morgan fingerprint density at radius 2 is 1.55 bits per heavy atom. The second kappa shape index (κ2) is 5.44. The number of pyridine rings is 1. The molecule has 3 rings (SSSR count). The van der Waals surface area contributed by atoms with E-state index in [1.807, 2.05) is 24.3 Å². The zero-order valence-corrected chi connectivity index (χ0v) is 12.3. The quantitative estimate of drug-likeness (QED) is 0.779. The molecule has 3 N–H and O–H groups in total. The molecule has 0 aliphatic heterocycles. The first-order valence-electron chi connectivity index (χ1n) is 6.78. The number of aromatic amines is 1. The molecule has 0 saturated carbocycles. The summed E-state index contributed by atoms with van der Waals surface area (Å²) in [5.74, 6) is 1.37. The maximum Gasteiger partial charge on any atom is 0.256 e.